The number of nitrogens with two attached hydrogens (primary N) is 1. The lowest BCUT2D eigenvalue weighted by Crippen LogP contribution is -2.42. The van der Waals surface area contributed by atoms with Crippen LogP contribution in [-0.2, 0) is 6.54 Å². The Balaban J connectivity index is 1.15. The summed E-state index contributed by atoms with van der Waals surface area (Å²) in [6.07, 6.45) is 5.32. The molecule has 2 saturated heterocycles. The number of rotatable bonds is 5. The number of pyridine rings is 1. The van der Waals surface area contributed by atoms with E-state index in [0.717, 1.165) is 25.5 Å². The first-order valence-electron chi connectivity index (χ1n) is 11.7. The maximum absolute atomic E-state index is 12.6. The van der Waals surface area contributed by atoms with Gasteiger partial charge in [-0.25, -0.2) is 4.98 Å². The van der Waals surface area contributed by atoms with Gasteiger partial charge in [0.25, 0.3) is 5.91 Å². The van der Waals surface area contributed by atoms with Crippen LogP contribution in [0, 0.1) is 5.41 Å². The quantitative estimate of drug-likeness (QED) is 0.574. The van der Waals surface area contributed by atoms with E-state index in [9.17, 15) is 4.79 Å². The summed E-state index contributed by atoms with van der Waals surface area (Å²) in [4.78, 5) is 22.1. The molecule has 1 aromatic heterocycles. The Bertz CT molecular complexity index is 1090. The third-order valence-electron chi connectivity index (χ3n) is 7.13. The number of likely N-dealkylation sites (tertiary alicyclic amines) is 1. The van der Waals surface area contributed by atoms with Crippen LogP contribution < -0.4 is 16.0 Å². The normalized spacial score (nSPS) is 17.9. The van der Waals surface area contributed by atoms with Crippen molar-refractivity contribution < 1.29 is 4.79 Å². The molecule has 0 radical (unpaired) electrons. The van der Waals surface area contributed by atoms with Gasteiger partial charge in [-0.2, -0.15) is 0 Å². The molecule has 2 aromatic carbocycles. The number of nitrogens with zero attached hydrogens (tertiary/aromatic N) is 3. The smallest absolute Gasteiger partial charge is 0.257 e. The largest absolute Gasteiger partial charge is 0.397 e. The minimum atomic E-state index is -0.200. The van der Waals surface area contributed by atoms with Gasteiger partial charge >= 0.3 is 0 Å². The van der Waals surface area contributed by atoms with Crippen LogP contribution in [0.5, 0.6) is 0 Å². The standard InChI is InChI=1S/C27H31N5O/c28-23-8-4-5-9-24(23)30-26(33)22-10-11-25(29-18-22)32-16-13-27(14-17-32)12-15-31(20-27)19-21-6-2-1-3-7-21/h1-11,18H,12-17,19-20,28H2,(H,30,33). The lowest BCUT2D eigenvalue weighted by Gasteiger charge is -2.40. The first kappa shape index (κ1) is 21.5. The van der Waals surface area contributed by atoms with Crippen molar-refractivity contribution in [3.05, 3.63) is 84.1 Å². The van der Waals surface area contributed by atoms with E-state index in [1.54, 1.807) is 18.3 Å². The van der Waals surface area contributed by atoms with E-state index in [4.69, 9.17) is 5.73 Å². The number of nitrogen functional groups attached to an aromatic ring is 1. The summed E-state index contributed by atoms with van der Waals surface area (Å²) in [7, 11) is 0. The van der Waals surface area contributed by atoms with Gasteiger partial charge < -0.3 is 16.0 Å². The van der Waals surface area contributed by atoms with Gasteiger partial charge in [0.15, 0.2) is 0 Å². The molecule has 3 heterocycles. The van der Waals surface area contributed by atoms with Gasteiger partial charge in [0.2, 0.25) is 0 Å². The van der Waals surface area contributed by atoms with Crippen molar-refractivity contribution in [3.8, 4) is 0 Å². The van der Waals surface area contributed by atoms with Crippen molar-refractivity contribution in [3.63, 3.8) is 0 Å². The fraction of sp³-hybridized carbons (Fsp3) is 0.333. The predicted molar refractivity (Wildman–Crippen MR) is 133 cm³/mol. The van der Waals surface area contributed by atoms with Crippen LogP contribution in [-0.4, -0.2) is 42.0 Å². The molecular formula is C27H31N5O. The minimum absolute atomic E-state index is 0.200. The summed E-state index contributed by atoms with van der Waals surface area (Å²) in [6.45, 7) is 5.44. The Morgan fingerprint density at radius 3 is 2.39 bits per heavy atom. The van der Waals surface area contributed by atoms with E-state index in [1.165, 1.54) is 37.9 Å². The number of benzene rings is 2. The van der Waals surface area contributed by atoms with Crippen LogP contribution in [0.4, 0.5) is 17.2 Å². The number of piperidine rings is 1. The van der Waals surface area contributed by atoms with Crippen LogP contribution in [0.2, 0.25) is 0 Å². The maximum atomic E-state index is 12.6. The lowest BCUT2D eigenvalue weighted by molar-refractivity contribution is 0.102. The van der Waals surface area contributed by atoms with E-state index in [0.29, 0.717) is 22.4 Å². The average molecular weight is 442 g/mol. The summed E-state index contributed by atoms with van der Waals surface area (Å²) >= 11 is 0. The van der Waals surface area contributed by atoms with Crippen molar-refractivity contribution in [1.82, 2.24) is 9.88 Å². The van der Waals surface area contributed by atoms with E-state index in [-0.39, 0.29) is 5.91 Å². The molecule has 0 unspecified atom stereocenters. The molecule has 3 N–H and O–H groups in total. The highest BCUT2D eigenvalue weighted by atomic mass is 16.1. The number of nitrogens with one attached hydrogen (secondary N) is 1. The lowest BCUT2D eigenvalue weighted by atomic mass is 9.78. The van der Waals surface area contributed by atoms with Gasteiger partial charge in [-0.3, -0.25) is 9.69 Å². The van der Waals surface area contributed by atoms with Gasteiger partial charge in [0.05, 0.1) is 16.9 Å². The predicted octanol–water partition coefficient (Wildman–Crippen LogP) is 4.41. The van der Waals surface area contributed by atoms with E-state index in [1.807, 2.05) is 24.3 Å². The molecule has 2 aliphatic heterocycles. The first-order chi connectivity index (χ1) is 16.1. The zero-order valence-electron chi connectivity index (χ0n) is 18.9. The highest BCUT2D eigenvalue weighted by molar-refractivity contribution is 6.05. The molecule has 170 valence electrons. The van der Waals surface area contributed by atoms with Crippen LogP contribution in [0.3, 0.4) is 0 Å². The minimum Gasteiger partial charge on any atom is -0.397 e. The zero-order valence-corrected chi connectivity index (χ0v) is 18.9. The Labute approximate surface area is 195 Å². The Morgan fingerprint density at radius 2 is 1.67 bits per heavy atom. The number of para-hydroxylation sites is 2. The number of hydrogen-bond donors (Lipinski definition) is 2. The highest BCUT2D eigenvalue weighted by Crippen LogP contribution is 2.41. The number of carbonyl (C=O) groups excluding carboxylic acids is 1. The summed E-state index contributed by atoms with van der Waals surface area (Å²) in [5.41, 5.74) is 9.45. The van der Waals surface area contributed by atoms with E-state index < -0.39 is 0 Å². The average Bonchev–Trinajstić information content (AvgIpc) is 3.23. The Kier molecular flexibility index (Phi) is 6.01. The maximum Gasteiger partial charge on any atom is 0.257 e. The first-order valence-corrected chi connectivity index (χ1v) is 11.7. The number of carbonyl (C=O) groups is 1. The molecule has 1 amide bonds. The zero-order chi connectivity index (χ0) is 22.7. The second kappa shape index (κ2) is 9.24. The SMILES string of the molecule is Nc1ccccc1NC(=O)c1ccc(N2CCC3(CCN(Cc4ccccc4)C3)CC2)nc1. The molecule has 33 heavy (non-hydrogen) atoms. The molecule has 0 saturated carbocycles. The van der Waals surface area contributed by atoms with Crippen molar-refractivity contribution in [1.29, 1.82) is 0 Å². The molecule has 0 bridgehead atoms. The van der Waals surface area contributed by atoms with Crippen LogP contribution in [0.1, 0.15) is 35.2 Å². The monoisotopic (exact) mass is 441 g/mol. The number of anilines is 3. The molecule has 3 aromatic rings. The molecule has 6 nitrogen and oxygen atoms in total. The fourth-order valence-electron chi connectivity index (χ4n) is 5.14. The summed E-state index contributed by atoms with van der Waals surface area (Å²) in [5, 5.41) is 2.86. The fourth-order valence-corrected chi connectivity index (χ4v) is 5.14. The second-order valence-corrected chi connectivity index (χ2v) is 9.38. The number of amides is 1. The van der Waals surface area contributed by atoms with Gasteiger partial charge in [-0.15, -0.1) is 0 Å². The molecule has 0 aliphatic carbocycles. The van der Waals surface area contributed by atoms with Crippen molar-refractivity contribution in [2.24, 2.45) is 5.41 Å². The third kappa shape index (κ3) is 4.86. The molecular weight excluding hydrogens is 410 g/mol. The number of aromatic nitrogens is 1. The molecule has 1 spiro atoms. The molecule has 5 rings (SSSR count). The van der Waals surface area contributed by atoms with E-state index in [2.05, 4.69) is 50.4 Å². The van der Waals surface area contributed by atoms with Crippen LogP contribution >= 0.6 is 0 Å². The van der Waals surface area contributed by atoms with Gasteiger partial charge in [-0.05, 0) is 61.1 Å². The molecule has 2 fully saturated rings. The molecule has 2 aliphatic rings. The number of hydrogen-bond acceptors (Lipinski definition) is 5. The van der Waals surface area contributed by atoms with Gasteiger partial charge in [0.1, 0.15) is 5.82 Å². The van der Waals surface area contributed by atoms with Crippen LogP contribution in [0.15, 0.2) is 72.9 Å². The van der Waals surface area contributed by atoms with Gasteiger partial charge in [0, 0.05) is 32.4 Å². The summed E-state index contributed by atoms with van der Waals surface area (Å²) in [5.74, 6) is 0.744. The van der Waals surface area contributed by atoms with Crippen molar-refractivity contribution in [2.75, 3.05) is 42.1 Å². The van der Waals surface area contributed by atoms with Gasteiger partial charge in [-0.1, -0.05) is 42.5 Å². The summed E-state index contributed by atoms with van der Waals surface area (Å²) < 4.78 is 0. The molecule has 0 atom stereocenters. The highest BCUT2D eigenvalue weighted by Gasteiger charge is 2.40. The molecule has 6 heteroatoms. The van der Waals surface area contributed by atoms with E-state index >= 15 is 0 Å². The Hall–Kier alpha value is -3.38. The topological polar surface area (TPSA) is 74.5 Å². The second-order valence-electron chi connectivity index (χ2n) is 9.38. The summed E-state index contributed by atoms with van der Waals surface area (Å²) in [6, 6.07) is 21.8. The van der Waals surface area contributed by atoms with Crippen molar-refractivity contribution in [2.45, 2.75) is 25.8 Å². The van der Waals surface area contributed by atoms with Crippen LogP contribution in [0.25, 0.3) is 0 Å². The Morgan fingerprint density at radius 1 is 0.939 bits per heavy atom. The van der Waals surface area contributed by atoms with Crippen molar-refractivity contribution >= 4 is 23.1 Å². The third-order valence-corrected chi connectivity index (χ3v) is 7.13.